The van der Waals surface area contributed by atoms with Crippen LogP contribution in [0.4, 0.5) is 10.1 Å². The van der Waals surface area contributed by atoms with Crippen LogP contribution in [-0.2, 0) is 12.8 Å². The highest BCUT2D eigenvalue weighted by atomic mass is 19.1. The molecule has 0 aromatic heterocycles. The Morgan fingerprint density at radius 1 is 1.47 bits per heavy atom. The summed E-state index contributed by atoms with van der Waals surface area (Å²) in [6, 6.07) is 3.39. The van der Waals surface area contributed by atoms with Gasteiger partial charge >= 0.3 is 0 Å². The number of hydrogen-bond donors (Lipinski definition) is 2. The van der Waals surface area contributed by atoms with Gasteiger partial charge in [-0.3, -0.25) is 0 Å². The van der Waals surface area contributed by atoms with Crippen molar-refractivity contribution in [1.82, 2.24) is 0 Å². The number of benzene rings is 1. The van der Waals surface area contributed by atoms with Crippen molar-refractivity contribution in [3.05, 3.63) is 29.1 Å². The average molecular weight is 211 g/mol. The highest BCUT2D eigenvalue weighted by molar-refractivity contribution is 5.50. The molecule has 0 aliphatic heterocycles. The van der Waals surface area contributed by atoms with Gasteiger partial charge in [-0.15, -0.1) is 0 Å². The van der Waals surface area contributed by atoms with E-state index in [0.717, 1.165) is 17.5 Å². The van der Waals surface area contributed by atoms with E-state index in [0.29, 0.717) is 12.8 Å². The Bertz CT molecular complexity index is 337. The van der Waals surface area contributed by atoms with Gasteiger partial charge in [-0.05, 0) is 43.4 Å². The van der Waals surface area contributed by atoms with Crippen LogP contribution < -0.4 is 5.73 Å². The Hall–Kier alpha value is -1.09. The van der Waals surface area contributed by atoms with Gasteiger partial charge in [-0.25, -0.2) is 4.39 Å². The molecule has 3 N–H and O–H groups in total. The van der Waals surface area contributed by atoms with Gasteiger partial charge in [0.05, 0.1) is 11.8 Å². The van der Waals surface area contributed by atoms with Crippen LogP contribution in [0.25, 0.3) is 0 Å². The van der Waals surface area contributed by atoms with Crippen LogP contribution in [0.1, 0.15) is 31.4 Å². The Labute approximate surface area is 89.9 Å². The largest absolute Gasteiger partial charge is 0.396 e. The van der Waals surface area contributed by atoms with E-state index >= 15 is 0 Å². The molecule has 0 heterocycles. The first kappa shape index (κ1) is 12.0. The van der Waals surface area contributed by atoms with Gasteiger partial charge in [0.2, 0.25) is 0 Å². The van der Waals surface area contributed by atoms with E-state index in [-0.39, 0.29) is 17.6 Å². The molecule has 1 atom stereocenters. The van der Waals surface area contributed by atoms with Crippen LogP contribution in [0.3, 0.4) is 0 Å². The molecule has 0 bridgehead atoms. The number of nitrogen functional groups attached to an aromatic ring is 1. The van der Waals surface area contributed by atoms with Crippen molar-refractivity contribution in [1.29, 1.82) is 0 Å². The minimum atomic E-state index is -0.377. The molecule has 3 heteroatoms. The van der Waals surface area contributed by atoms with E-state index in [1.165, 1.54) is 6.07 Å². The number of anilines is 1. The summed E-state index contributed by atoms with van der Waals surface area (Å²) >= 11 is 0. The molecule has 0 radical (unpaired) electrons. The van der Waals surface area contributed by atoms with Crippen molar-refractivity contribution in [2.45, 2.75) is 39.2 Å². The normalized spacial score (nSPS) is 12.8. The molecule has 0 unspecified atom stereocenters. The quantitative estimate of drug-likeness (QED) is 0.750. The van der Waals surface area contributed by atoms with Crippen LogP contribution in [0.5, 0.6) is 0 Å². The average Bonchev–Trinajstić information content (AvgIpc) is 2.19. The fourth-order valence-electron chi connectivity index (χ4n) is 1.51. The van der Waals surface area contributed by atoms with Crippen LogP contribution in [0.15, 0.2) is 12.1 Å². The molecule has 0 aliphatic carbocycles. The number of hydrogen-bond acceptors (Lipinski definition) is 2. The lowest BCUT2D eigenvalue weighted by Gasteiger charge is -2.10. The number of aliphatic hydroxyl groups excluding tert-OH is 1. The van der Waals surface area contributed by atoms with Gasteiger partial charge in [0.1, 0.15) is 5.82 Å². The number of aryl methyl sites for hydroxylation is 2. The van der Waals surface area contributed by atoms with Crippen molar-refractivity contribution in [2.24, 2.45) is 0 Å². The van der Waals surface area contributed by atoms with Gasteiger partial charge in [-0.2, -0.15) is 0 Å². The van der Waals surface area contributed by atoms with Crippen LogP contribution >= 0.6 is 0 Å². The predicted molar refractivity (Wildman–Crippen MR) is 60.2 cm³/mol. The molecule has 0 spiro atoms. The van der Waals surface area contributed by atoms with Gasteiger partial charge in [-0.1, -0.05) is 13.0 Å². The molecule has 0 aliphatic rings. The third-order valence-electron chi connectivity index (χ3n) is 2.51. The highest BCUT2D eigenvalue weighted by Crippen LogP contribution is 2.21. The van der Waals surface area contributed by atoms with E-state index < -0.39 is 0 Å². The van der Waals surface area contributed by atoms with Crippen molar-refractivity contribution in [2.75, 3.05) is 5.73 Å². The molecule has 84 valence electrons. The first-order valence-corrected chi connectivity index (χ1v) is 5.29. The molecule has 0 saturated carbocycles. The van der Waals surface area contributed by atoms with Gasteiger partial charge in [0, 0.05) is 0 Å². The maximum atomic E-state index is 13.4. The van der Waals surface area contributed by atoms with Crippen molar-refractivity contribution < 1.29 is 9.50 Å². The first-order valence-electron chi connectivity index (χ1n) is 5.29. The fraction of sp³-hybridized carbons (Fsp3) is 0.500. The van der Waals surface area contributed by atoms with E-state index in [2.05, 4.69) is 0 Å². The summed E-state index contributed by atoms with van der Waals surface area (Å²) in [7, 11) is 0. The van der Waals surface area contributed by atoms with Crippen molar-refractivity contribution >= 4 is 5.69 Å². The monoisotopic (exact) mass is 211 g/mol. The third kappa shape index (κ3) is 3.20. The summed E-state index contributed by atoms with van der Waals surface area (Å²) in [4.78, 5) is 0. The Kier molecular flexibility index (Phi) is 4.09. The molecule has 2 nitrogen and oxygen atoms in total. The summed E-state index contributed by atoms with van der Waals surface area (Å²) in [5.41, 5.74) is 7.60. The SMILES string of the molecule is CCc1cc(F)c(N)c(CC[C@@H](C)O)c1. The number of aliphatic hydroxyl groups is 1. The van der Waals surface area contributed by atoms with Gasteiger partial charge in [0.25, 0.3) is 0 Å². The fourth-order valence-corrected chi connectivity index (χ4v) is 1.51. The molecule has 1 aromatic carbocycles. The predicted octanol–water partition coefficient (Wildman–Crippen LogP) is 2.28. The number of rotatable bonds is 4. The number of halogens is 1. The van der Waals surface area contributed by atoms with E-state index in [1.54, 1.807) is 6.92 Å². The Morgan fingerprint density at radius 3 is 2.67 bits per heavy atom. The smallest absolute Gasteiger partial charge is 0.146 e. The lowest BCUT2D eigenvalue weighted by molar-refractivity contribution is 0.185. The first-order chi connectivity index (χ1) is 7.04. The zero-order valence-corrected chi connectivity index (χ0v) is 9.26. The molecular formula is C12H18FNO. The topological polar surface area (TPSA) is 46.2 Å². The second-order valence-electron chi connectivity index (χ2n) is 3.89. The van der Waals surface area contributed by atoms with E-state index in [4.69, 9.17) is 10.8 Å². The standard InChI is InChI=1S/C12H18FNO/c1-3-9-6-10(5-4-8(2)15)12(14)11(13)7-9/h6-8,15H,3-5,14H2,1-2H3/t8-/m1/s1. The Balaban J connectivity index is 2.90. The zero-order chi connectivity index (χ0) is 11.4. The molecule has 1 rings (SSSR count). The maximum absolute atomic E-state index is 13.4. The maximum Gasteiger partial charge on any atom is 0.146 e. The van der Waals surface area contributed by atoms with Crippen molar-refractivity contribution in [3.63, 3.8) is 0 Å². The van der Waals surface area contributed by atoms with Crippen molar-refractivity contribution in [3.8, 4) is 0 Å². The summed E-state index contributed by atoms with van der Waals surface area (Å²) in [5, 5.41) is 9.17. The molecule has 0 fully saturated rings. The molecule has 0 amide bonds. The third-order valence-corrected chi connectivity index (χ3v) is 2.51. The second-order valence-corrected chi connectivity index (χ2v) is 3.89. The summed E-state index contributed by atoms with van der Waals surface area (Å²) < 4.78 is 13.4. The lowest BCUT2D eigenvalue weighted by Crippen LogP contribution is -2.05. The Morgan fingerprint density at radius 2 is 2.13 bits per heavy atom. The van der Waals surface area contributed by atoms with Crippen LogP contribution in [0, 0.1) is 5.82 Å². The van der Waals surface area contributed by atoms with Crippen LogP contribution in [-0.4, -0.2) is 11.2 Å². The molecule has 0 saturated heterocycles. The molecule has 15 heavy (non-hydrogen) atoms. The highest BCUT2D eigenvalue weighted by Gasteiger charge is 2.08. The zero-order valence-electron chi connectivity index (χ0n) is 9.26. The molecule has 1 aromatic rings. The van der Waals surface area contributed by atoms with Gasteiger partial charge < -0.3 is 10.8 Å². The minimum Gasteiger partial charge on any atom is -0.396 e. The summed E-state index contributed by atoms with van der Waals surface area (Å²) in [5.74, 6) is -0.352. The summed E-state index contributed by atoms with van der Waals surface area (Å²) in [6.45, 7) is 3.69. The van der Waals surface area contributed by atoms with Crippen LogP contribution in [0.2, 0.25) is 0 Å². The van der Waals surface area contributed by atoms with E-state index in [9.17, 15) is 4.39 Å². The van der Waals surface area contributed by atoms with Gasteiger partial charge in [0.15, 0.2) is 0 Å². The molecular weight excluding hydrogens is 193 g/mol. The summed E-state index contributed by atoms with van der Waals surface area (Å²) in [6.07, 6.45) is 1.64. The lowest BCUT2D eigenvalue weighted by atomic mass is 10.0. The minimum absolute atomic E-state index is 0.216. The second kappa shape index (κ2) is 5.12. The number of nitrogens with two attached hydrogens (primary N) is 1. The van der Waals surface area contributed by atoms with E-state index in [1.807, 2.05) is 13.0 Å².